The number of carbonyl (C=O) groups excluding carboxylic acids is 4. The number of aliphatic carboxylic acids is 3. The Morgan fingerprint density at radius 2 is 1.05 bits per heavy atom. The smallest absolute Gasteiger partial charge is 0.322 e. The number of benzene rings is 2. The number of carbonyl (C=O) groups is 7. The zero-order valence-corrected chi connectivity index (χ0v) is 23.6. The second-order valence-electron chi connectivity index (χ2n) is 9.81. The van der Waals surface area contributed by atoms with Gasteiger partial charge in [-0.3, -0.25) is 33.6 Å². The molecule has 15 nitrogen and oxygen atoms in total. The Morgan fingerprint density at radius 3 is 1.50 bits per heavy atom. The number of hydrogen-bond acceptors (Lipinski definition) is 8. The summed E-state index contributed by atoms with van der Waals surface area (Å²) in [5.41, 5.74) is 6.85. The number of carboxylic acids is 3. The Labute approximate surface area is 252 Å². The fraction of sp³-hybridized carbons (Fsp3) is 0.345. The van der Waals surface area contributed by atoms with Gasteiger partial charge in [0.25, 0.3) is 0 Å². The van der Waals surface area contributed by atoms with Gasteiger partial charge < -0.3 is 42.3 Å². The number of nitrogens with two attached hydrogens (primary N) is 1. The van der Waals surface area contributed by atoms with Crippen LogP contribution in [-0.2, 0) is 46.4 Å². The summed E-state index contributed by atoms with van der Waals surface area (Å²) >= 11 is 0. The molecule has 2 aromatic carbocycles. The minimum atomic E-state index is -1.53. The van der Waals surface area contributed by atoms with Crippen molar-refractivity contribution < 1.29 is 48.9 Å². The molecule has 0 aliphatic carbocycles. The first-order chi connectivity index (χ1) is 20.8. The molecule has 4 atom stereocenters. The molecule has 0 aromatic heterocycles. The second kappa shape index (κ2) is 17.6. The van der Waals surface area contributed by atoms with Gasteiger partial charge in [-0.1, -0.05) is 60.7 Å². The summed E-state index contributed by atoms with van der Waals surface area (Å²) < 4.78 is 0. The Kier molecular flexibility index (Phi) is 14.0. The Balaban J connectivity index is 2.33. The number of nitrogens with one attached hydrogen (secondary N) is 4. The molecular weight excluding hydrogens is 578 g/mol. The van der Waals surface area contributed by atoms with Crippen LogP contribution in [0.2, 0.25) is 0 Å². The number of carboxylic acid groups (broad SMARTS) is 3. The van der Waals surface area contributed by atoms with Gasteiger partial charge in [-0.25, -0.2) is 0 Å². The van der Waals surface area contributed by atoms with E-state index in [1.165, 1.54) is 0 Å². The highest BCUT2D eigenvalue weighted by atomic mass is 16.4. The molecule has 0 radical (unpaired) electrons. The summed E-state index contributed by atoms with van der Waals surface area (Å²) in [6.07, 6.45) is -1.79. The van der Waals surface area contributed by atoms with Gasteiger partial charge in [0, 0.05) is 19.3 Å². The standard InChI is InChI=1S/C29H35N5O10/c30-19(15-24(37)38)26(41)32-20(11-12-23(35)36)28(43)34-22(14-18-9-5-2-6-10-18)29(44)33-21(27(42)31-16-25(39)40)13-17-7-3-1-4-8-17/h1-10,19-22H,11-16,30H2,(H,31,42)(H,32,41)(H,33,44)(H,34,43)(H,35,36)(H,37,38)(H,39,40)/t19-,20-,21-,22-/m0/s1. The predicted molar refractivity (Wildman–Crippen MR) is 154 cm³/mol. The van der Waals surface area contributed by atoms with E-state index in [0.717, 1.165) is 0 Å². The zero-order chi connectivity index (χ0) is 32.6. The maximum Gasteiger partial charge on any atom is 0.322 e. The molecule has 2 rings (SSSR count). The van der Waals surface area contributed by atoms with Crippen LogP contribution in [0.5, 0.6) is 0 Å². The molecule has 0 saturated carbocycles. The van der Waals surface area contributed by atoms with E-state index in [9.17, 15) is 33.6 Å². The third-order valence-electron chi connectivity index (χ3n) is 6.26. The van der Waals surface area contributed by atoms with E-state index in [1.807, 2.05) is 0 Å². The fourth-order valence-corrected chi connectivity index (χ4v) is 4.04. The van der Waals surface area contributed by atoms with Crippen molar-refractivity contribution in [2.24, 2.45) is 5.73 Å². The summed E-state index contributed by atoms with van der Waals surface area (Å²) in [6.45, 7) is -0.695. The van der Waals surface area contributed by atoms with Crippen molar-refractivity contribution in [3.05, 3.63) is 71.8 Å². The molecule has 0 fully saturated rings. The van der Waals surface area contributed by atoms with Crippen LogP contribution in [0, 0.1) is 0 Å². The highest BCUT2D eigenvalue weighted by molar-refractivity contribution is 5.96. The molecule has 44 heavy (non-hydrogen) atoms. The molecule has 0 aliphatic heterocycles. The summed E-state index contributed by atoms with van der Waals surface area (Å²) in [6, 6.07) is 11.5. The topological polar surface area (TPSA) is 254 Å². The maximum atomic E-state index is 13.6. The fourth-order valence-electron chi connectivity index (χ4n) is 4.04. The molecule has 15 heteroatoms. The quantitative estimate of drug-likeness (QED) is 0.0990. The van der Waals surface area contributed by atoms with Gasteiger partial charge in [-0.2, -0.15) is 0 Å². The highest BCUT2D eigenvalue weighted by Gasteiger charge is 2.31. The van der Waals surface area contributed by atoms with Gasteiger partial charge in [0.2, 0.25) is 23.6 Å². The van der Waals surface area contributed by atoms with Crippen LogP contribution in [0.1, 0.15) is 30.4 Å². The van der Waals surface area contributed by atoms with Crippen molar-refractivity contribution in [1.82, 2.24) is 21.3 Å². The molecule has 9 N–H and O–H groups in total. The van der Waals surface area contributed by atoms with E-state index in [0.29, 0.717) is 11.1 Å². The molecule has 0 bridgehead atoms. The van der Waals surface area contributed by atoms with Crippen molar-refractivity contribution in [2.75, 3.05) is 6.54 Å². The summed E-state index contributed by atoms with van der Waals surface area (Å²) in [4.78, 5) is 85.4. The van der Waals surface area contributed by atoms with Crippen LogP contribution in [0.25, 0.3) is 0 Å². The van der Waals surface area contributed by atoms with Crippen molar-refractivity contribution in [2.45, 2.75) is 56.3 Å². The van der Waals surface area contributed by atoms with E-state index >= 15 is 0 Å². The number of hydrogen-bond donors (Lipinski definition) is 8. The lowest BCUT2D eigenvalue weighted by Crippen LogP contribution is -2.58. The molecule has 236 valence electrons. The molecule has 0 spiro atoms. The lowest BCUT2D eigenvalue weighted by molar-refractivity contribution is -0.140. The molecule has 0 saturated heterocycles. The molecule has 0 unspecified atom stereocenters. The predicted octanol–water partition coefficient (Wildman–Crippen LogP) is -1.21. The minimum absolute atomic E-state index is 0.0111. The third-order valence-corrected chi connectivity index (χ3v) is 6.26. The molecule has 2 aromatic rings. The number of rotatable bonds is 18. The number of amides is 4. The monoisotopic (exact) mass is 613 g/mol. The average molecular weight is 614 g/mol. The van der Waals surface area contributed by atoms with Gasteiger partial charge in [-0.05, 0) is 17.5 Å². The second-order valence-corrected chi connectivity index (χ2v) is 9.81. The maximum absolute atomic E-state index is 13.6. The van der Waals surface area contributed by atoms with Crippen molar-refractivity contribution in [3.63, 3.8) is 0 Å². The van der Waals surface area contributed by atoms with Gasteiger partial charge in [0.15, 0.2) is 0 Å². The van der Waals surface area contributed by atoms with Crippen LogP contribution in [-0.4, -0.2) is 87.6 Å². The molecule has 4 amide bonds. The zero-order valence-electron chi connectivity index (χ0n) is 23.6. The molecule has 0 aliphatic rings. The SMILES string of the molecule is N[C@@H](CC(=O)O)C(=O)N[C@@H](CCC(=O)O)C(=O)N[C@@H](Cc1ccccc1)C(=O)N[C@@H](Cc1ccccc1)C(=O)NCC(=O)O. The molecular formula is C29H35N5O10. The van der Waals surface area contributed by atoms with Crippen LogP contribution in [0.15, 0.2) is 60.7 Å². The van der Waals surface area contributed by atoms with Gasteiger partial charge in [-0.15, -0.1) is 0 Å². The first-order valence-electron chi connectivity index (χ1n) is 13.5. The van der Waals surface area contributed by atoms with Crippen molar-refractivity contribution in [1.29, 1.82) is 0 Å². The Morgan fingerprint density at radius 1 is 0.591 bits per heavy atom. The first kappa shape index (κ1) is 34.9. The lowest BCUT2D eigenvalue weighted by Gasteiger charge is -2.26. The van der Waals surface area contributed by atoms with E-state index in [4.69, 9.17) is 21.1 Å². The van der Waals surface area contributed by atoms with Crippen molar-refractivity contribution in [3.8, 4) is 0 Å². The Hall–Kier alpha value is -5.31. The van der Waals surface area contributed by atoms with Crippen LogP contribution >= 0.6 is 0 Å². The van der Waals surface area contributed by atoms with E-state index < -0.39 is 91.5 Å². The van der Waals surface area contributed by atoms with E-state index in [2.05, 4.69) is 21.3 Å². The summed E-state index contributed by atoms with van der Waals surface area (Å²) in [5, 5.41) is 36.6. The van der Waals surface area contributed by atoms with Gasteiger partial charge in [0.1, 0.15) is 24.7 Å². The van der Waals surface area contributed by atoms with Crippen LogP contribution in [0.4, 0.5) is 0 Å². The largest absolute Gasteiger partial charge is 0.481 e. The summed E-state index contributed by atoms with van der Waals surface area (Å²) in [7, 11) is 0. The Bertz CT molecular complexity index is 1320. The first-order valence-corrected chi connectivity index (χ1v) is 13.5. The normalized spacial score (nSPS) is 13.3. The third kappa shape index (κ3) is 12.7. The summed E-state index contributed by atoms with van der Waals surface area (Å²) in [5.74, 6) is -7.51. The van der Waals surface area contributed by atoms with Gasteiger partial charge in [0.05, 0.1) is 12.5 Å². The molecule has 0 heterocycles. The minimum Gasteiger partial charge on any atom is -0.481 e. The van der Waals surface area contributed by atoms with E-state index in [1.54, 1.807) is 60.7 Å². The van der Waals surface area contributed by atoms with Crippen LogP contribution in [0.3, 0.4) is 0 Å². The van der Waals surface area contributed by atoms with Crippen molar-refractivity contribution >= 4 is 41.5 Å². The lowest BCUT2D eigenvalue weighted by atomic mass is 10.0. The highest BCUT2D eigenvalue weighted by Crippen LogP contribution is 2.09. The average Bonchev–Trinajstić information content (AvgIpc) is 2.97. The van der Waals surface area contributed by atoms with E-state index in [-0.39, 0.29) is 12.8 Å². The van der Waals surface area contributed by atoms with Crippen LogP contribution < -0.4 is 27.0 Å². The van der Waals surface area contributed by atoms with Gasteiger partial charge >= 0.3 is 17.9 Å².